The highest BCUT2D eigenvalue weighted by Crippen LogP contribution is 2.32. The number of carbonyl (C=O) groups is 2. The van der Waals surface area contributed by atoms with E-state index >= 15 is 0 Å². The normalized spacial score (nSPS) is 13.9. The van der Waals surface area contributed by atoms with Crippen LogP contribution in [0.1, 0.15) is 28.4 Å². The van der Waals surface area contributed by atoms with Crippen LogP contribution in [0.4, 0.5) is 0 Å². The third-order valence-corrected chi connectivity index (χ3v) is 5.92. The van der Waals surface area contributed by atoms with E-state index in [2.05, 4.69) is 4.99 Å². The highest BCUT2D eigenvalue weighted by atomic mass is 35.5. The fourth-order valence-corrected chi connectivity index (χ4v) is 3.75. The van der Waals surface area contributed by atoms with Gasteiger partial charge in [-0.3, -0.25) is 0 Å². The van der Waals surface area contributed by atoms with Gasteiger partial charge in [-0.1, -0.05) is 40.9 Å². The van der Waals surface area contributed by atoms with Gasteiger partial charge in [0.2, 0.25) is 5.90 Å². The summed E-state index contributed by atoms with van der Waals surface area (Å²) in [6.07, 6.45) is 1.53. The highest BCUT2D eigenvalue weighted by molar-refractivity contribution is 6.42. The first-order valence-corrected chi connectivity index (χ1v) is 11.7. The standard InChI is InChI=1S/C26H18Cl3NO6/c1-3-34-23-11-14(4-8-22(23)35-25(31)15-5-7-18(28)19(29)12-15)10-20-26(32)36-24(30-20)17-13-16(27)6-9-21(17)33-2/h4-13H,3H2,1-2H3/b20-10-. The van der Waals surface area contributed by atoms with E-state index in [1.54, 1.807) is 43.3 Å². The number of aliphatic imine (C=N–C) groups is 1. The molecule has 1 heterocycles. The van der Waals surface area contributed by atoms with Gasteiger partial charge in [-0.05, 0) is 67.1 Å². The van der Waals surface area contributed by atoms with E-state index in [0.717, 1.165) is 0 Å². The molecule has 0 aromatic heterocycles. The van der Waals surface area contributed by atoms with Crippen molar-refractivity contribution in [2.75, 3.05) is 13.7 Å². The molecule has 0 amide bonds. The Hall–Kier alpha value is -3.52. The van der Waals surface area contributed by atoms with Crippen LogP contribution < -0.4 is 14.2 Å². The van der Waals surface area contributed by atoms with Crippen LogP contribution in [-0.2, 0) is 9.53 Å². The van der Waals surface area contributed by atoms with E-state index in [0.29, 0.717) is 39.3 Å². The van der Waals surface area contributed by atoms with Gasteiger partial charge < -0.3 is 18.9 Å². The van der Waals surface area contributed by atoms with Crippen LogP contribution in [0.2, 0.25) is 15.1 Å². The van der Waals surface area contributed by atoms with Crippen LogP contribution in [0.5, 0.6) is 17.2 Å². The van der Waals surface area contributed by atoms with Crippen molar-refractivity contribution < 1.29 is 28.5 Å². The average molecular weight is 547 g/mol. The lowest BCUT2D eigenvalue weighted by Gasteiger charge is -2.12. The van der Waals surface area contributed by atoms with Crippen LogP contribution in [0.15, 0.2) is 65.3 Å². The Labute approximate surface area is 221 Å². The summed E-state index contributed by atoms with van der Waals surface area (Å²) in [5.41, 5.74) is 1.31. The van der Waals surface area contributed by atoms with Crippen LogP contribution in [0, 0.1) is 0 Å². The molecule has 36 heavy (non-hydrogen) atoms. The van der Waals surface area contributed by atoms with Crippen molar-refractivity contribution in [1.29, 1.82) is 0 Å². The van der Waals surface area contributed by atoms with Gasteiger partial charge in [0.05, 0.1) is 34.9 Å². The molecular formula is C26H18Cl3NO6. The zero-order chi connectivity index (χ0) is 25.8. The zero-order valence-corrected chi connectivity index (χ0v) is 21.3. The number of hydrogen-bond acceptors (Lipinski definition) is 7. The molecule has 0 bridgehead atoms. The molecule has 0 fully saturated rings. The molecule has 7 nitrogen and oxygen atoms in total. The number of methoxy groups -OCH3 is 1. The van der Waals surface area contributed by atoms with Gasteiger partial charge in [-0.2, -0.15) is 0 Å². The molecule has 4 rings (SSSR count). The number of carbonyl (C=O) groups excluding carboxylic acids is 2. The van der Waals surface area contributed by atoms with Gasteiger partial charge >= 0.3 is 11.9 Å². The maximum absolute atomic E-state index is 12.6. The van der Waals surface area contributed by atoms with Gasteiger partial charge in [0.15, 0.2) is 17.2 Å². The summed E-state index contributed by atoms with van der Waals surface area (Å²) in [5, 5.41) is 0.997. The fraction of sp³-hybridized carbons (Fsp3) is 0.115. The van der Waals surface area contributed by atoms with Crippen molar-refractivity contribution in [1.82, 2.24) is 0 Å². The maximum atomic E-state index is 12.6. The van der Waals surface area contributed by atoms with Gasteiger partial charge in [0.1, 0.15) is 5.75 Å². The second kappa shape index (κ2) is 11.0. The molecule has 10 heteroatoms. The first kappa shape index (κ1) is 25.6. The zero-order valence-electron chi connectivity index (χ0n) is 19.0. The molecule has 3 aromatic carbocycles. The quantitative estimate of drug-likeness (QED) is 0.188. The second-order valence-electron chi connectivity index (χ2n) is 7.34. The molecule has 0 saturated heterocycles. The largest absolute Gasteiger partial charge is 0.496 e. The Balaban J connectivity index is 1.62. The molecule has 1 aliphatic rings. The first-order chi connectivity index (χ1) is 17.3. The highest BCUT2D eigenvalue weighted by Gasteiger charge is 2.27. The van der Waals surface area contributed by atoms with Gasteiger partial charge in [0, 0.05) is 5.02 Å². The number of halogens is 3. The minimum atomic E-state index is -0.639. The molecule has 0 spiro atoms. The van der Waals surface area contributed by atoms with Gasteiger partial charge in [-0.25, -0.2) is 14.6 Å². The lowest BCUT2D eigenvalue weighted by Crippen LogP contribution is -2.10. The van der Waals surface area contributed by atoms with Crippen molar-refractivity contribution >= 4 is 58.7 Å². The molecule has 0 unspecified atom stereocenters. The number of nitrogens with zero attached hydrogens (tertiary/aromatic N) is 1. The SMILES string of the molecule is CCOc1cc(/C=C2\N=C(c3cc(Cl)ccc3OC)OC2=O)ccc1OC(=O)c1ccc(Cl)c(Cl)c1. The Bertz CT molecular complexity index is 1420. The Morgan fingerprint density at radius 3 is 2.47 bits per heavy atom. The van der Waals surface area contributed by atoms with Crippen LogP contribution in [0.25, 0.3) is 6.08 Å². The predicted octanol–water partition coefficient (Wildman–Crippen LogP) is 6.62. The van der Waals surface area contributed by atoms with Crippen molar-refractivity contribution in [3.05, 3.63) is 92.1 Å². The molecular weight excluding hydrogens is 529 g/mol. The molecule has 184 valence electrons. The second-order valence-corrected chi connectivity index (χ2v) is 8.59. The lowest BCUT2D eigenvalue weighted by molar-refractivity contribution is -0.129. The summed E-state index contributed by atoms with van der Waals surface area (Å²) in [5.74, 6) is -0.254. The summed E-state index contributed by atoms with van der Waals surface area (Å²) in [6.45, 7) is 2.11. The van der Waals surface area contributed by atoms with E-state index in [4.69, 9.17) is 53.8 Å². The van der Waals surface area contributed by atoms with Gasteiger partial charge in [0.25, 0.3) is 0 Å². The number of esters is 2. The molecule has 0 saturated carbocycles. The molecule has 0 N–H and O–H groups in total. The van der Waals surface area contributed by atoms with E-state index in [-0.39, 0.29) is 27.9 Å². The van der Waals surface area contributed by atoms with Crippen LogP contribution in [0.3, 0.4) is 0 Å². The average Bonchev–Trinajstić information content (AvgIpc) is 3.22. The summed E-state index contributed by atoms with van der Waals surface area (Å²) in [7, 11) is 1.49. The van der Waals surface area contributed by atoms with E-state index in [1.807, 2.05) is 0 Å². The number of hydrogen-bond donors (Lipinski definition) is 0. The molecule has 3 aromatic rings. The monoisotopic (exact) mass is 545 g/mol. The smallest absolute Gasteiger partial charge is 0.363 e. The molecule has 0 radical (unpaired) electrons. The summed E-state index contributed by atoms with van der Waals surface area (Å²) < 4.78 is 21.8. The van der Waals surface area contributed by atoms with E-state index in [9.17, 15) is 9.59 Å². The first-order valence-electron chi connectivity index (χ1n) is 10.6. The summed E-state index contributed by atoms with van der Waals surface area (Å²) >= 11 is 18.0. The summed E-state index contributed by atoms with van der Waals surface area (Å²) in [6, 6.07) is 14.2. The molecule has 0 atom stereocenters. The van der Waals surface area contributed by atoms with Crippen molar-refractivity contribution in [2.45, 2.75) is 6.92 Å². The predicted molar refractivity (Wildman–Crippen MR) is 138 cm³/mol. The minimum Gasteiger partial charge on any atom is -0.496 e. The maximum Gasteiger partial charge on any atom is 0.363 e. The van der Waals surface area contributed by atoms with Crippen molar-refractivity contribution in [3.8, 4) is 17.2 Å². The number of benzene rings is 3. The third kappa shape index (κ3) is 5.65. The summed E-state index contributed by atoms with van der Waals surface area (Å²) in [4.78, 5) is 29.4. The van der Waals surface area contributed by atoms with Crippen molar-refractivity contribution in [3.63, 3.8) is 0 Å². The van der Waals surface area contributed by atoms with Gasteiger partial charge in [-0.15, -0.1) is 0 Å². The van der Waals surface area contributed by atoms with E-state index in [1.165, 1.54) is 31.4 Å². The Kier molecular flexibility index (Phi) is 7.84. The number of ether oxygens (including phenoxy) is 4. The number of rotatable bonds is 7. The fourth-order valence-electron chi connectivity index (χ4n) is 3.28. The Morgan fingerprint density at radius 1 is 0.972 bits per heavy atom. The van der Waals surface area contributed by atoms with E-state index < -0.39 is 11.9 Å². The molecule has 1 aliphatic heterocycles. The lowest BCUT2D eigenvalue weighted by atomic mass is 10.1. The third-order valence-electron chi connectivity index (χ3n) is 4.94. The topological polar surface area (TPSA) is 83.4 Å². The molecule has 0 aliphatic carbocycles. The Morgan fingerprint density at radius 2 is 1.75 bits per heavy atom. The van der Waals surface area contributed by atoms with Crippen LogP contribution >= 0.6 is 34.8 Å². The van der Waals surface area contributed by atoms with Crippen LogP contribution in [-0.4, -0.2) is 31.6 Å². The van der Waals surface area contributed by atoms with Crippen molar-refractivity contribution in [2.24, 2.45) is 4.99 Å². The number of cyclic esters (lactones) is 1. The minimum absolute atomic E-state index is 0.0648.